The predicted molar refractivity (Wildman–Crippen MR) is 113 cm³/mol. The molecule has 2 heterocycles. The van der Waals surface area contributed by atoms with Gasteiger partial charge in [0.2, 0.25) is 0 Å². The van der Waals surface area contributed by atoms with Crippen LogP contribution in [0.5, 0.6) is 0 Å². The molecule has 0 radical (unpaired) electrons. The Balaban J connectivity index is 1.77. The van der Waals surface area contributed by atoms with E-state index in [-0.39, 0.29) is 11.5 Å². The number of halogens is 1. The van der Waals surface area contributed by atoms with Gasteiger partial charge >= 0.3 is 0 Å². The van der Waals surface area contributed by atoms with E-state index in [1.165, 1.54) is 29.5 Å². The number of hydrogen-bond acceptors (Lipinski definition) is 5. The van der Waals surface area contributed by atoms with Gasteiger partial charge in [0.15, 0.2) is 5.13 Å². The lowest BCUT2D eigenvalue weighted by molar-refractivity contribution is 0.0984. The van der Waals surface area contributed by atoms with E-state index in [2.05, 4.69) is 16.0 Å². The second-order valence-electron chi connectivity index (χ2n) is 6.09. The third-order valence-corrected chi connectivity index (χ3v) is 5.96. The number of anilines is 1. The average molecular weight is 410 g/mol. The van der Waals surface area contributed by atoms with Crippen molar-refractivity contribution in [3.05, 3.63) is 83.9 Å². The fourth-order valence-electron chi connectivity index (χ4n) is 2.81. The van der Waals surface area contributed by atoms with Gasteiger partial charge in [-0.3, -0.25) is 14.7 Å². The number of thiazole rings is 1. The zero-order valence-electron chi connectivity index (χ0n) is 15.0. The number of aromatic nitrogens is 2. The van der Waals surface area contributed by atoms with Crippen LogP contribution in [-0.4, -0.2) is 22.1 Å². The molecule has 0 aliphatic rings. The summed E-state index contributed by atoms with van der Waals surface area (Å²) in [6.07, 6.45) is 5.42. The first kappa shape index (κ1) is 18.6. The number of thioether (sulfide) groups is 1. The normalized spacial score (nSPS) is 10.9. The lowest BCUT2D eigenvalue weighted by Gasteiger charge is -2.20. The zero-order chi connectivity index (χ0) is 19.5. The Morgan fingerprint density at radius 2 is 2.07 bits per heavy atom. The molecule has 2 aromatic heterocycles. The van der Waals surface area contributed by atoms with Gasteiger partial charge in [-0.25, -0.2) is 9.37 Å². The molecule has 1 amide bonds. The van der Waals surface area contributed by atoms with Crippen molar-refractivity contribution in [2.24, 2.45) is 0 Å². The maximum Gasteiger partial charge on any atom is 0.260 e. The van der Waals surface area contributed by atoms with E-state index in [4.69, 9.17) is 0 Å². The van der Waals surface area contributed by atoms with E-state index in [0.717, 1.165) is 20.7 Å². The van der Waals surface area contributed by atoms with Crippen LogP contribution in [0.2, 0.25) is 0 Å². The number of fused-ring (bicyclic) bond motifs is 1. The number of hydrogen-bond donors (Lipinski definition) is 0. The summed E-state index contributed by atoms with van der Waals surface area (Å²) in [5, 5.41) is 0.575. The number of amides is 1. The molecular weight excluding hydrogens is 393 g/mol. The Morgan fingerprint density at radius 1 is 1.18 bits per heavy atom. The summed E-state index contributed by atoms with van der Waals surface area (Å²) in [7, 11) is 0. The molecule has 4 rings (SSSR count). The second kappa shape index (κ2) is 8.08. The maximum atomic E-state index is 13.7. The number of nitrogens with zero attached hydrogens (tertiary/aromatic N) is 3. The fraction of sp³-hybridized carbons (Fsp3) is 0.0952. The van der Waals surface area contributed by atoms with Gasteiger partial charge in [0.25, 0.3) is 5.91 Å². The molecule has 0 atom stereocenters. The summed E-state index contributed by atoms with van der Waals surface area (Å²) in [5.74, 6) is -0.742. The third-order valence-electron chi connectivity index (χ3n) is 4.20. The van der Waals surface area contributed by atoms with E-state index >= 15 is 0 Å². The molecule has 7 heteroatoms. The first-order valence-corrected chi connectivity index (χ1v) is 10.6. The summed E-state index contributed by atoms with van der Waals surface area (Å²) in [6, 6.07) is 15.5. The van der Waals surface area contributed by atoms with Gasteiger partial charge in [-0.15, -0.1) is 11.8 Å². The molecule has 0 N–H and O–H groups in total. The minimum Gasteiger partial charge on any atom is -0.279 e. The number of benzene rings is 2. The summed E-state index contributed by atoms with van der Waals surface area (Å²) in [5.41, 5.74) is 1.99. The Kier molecular flexibility index (Phi) is 5.36. The summed E-state index contributed by atoms with van der Waals surface area (Å²) in [6.45, 7) is 0.304. The van der Waals surface area contributed by atoms with Crippen molar-refractivity contribution in [2.75, 3.05) is 11.2 Å². The minimum absolute atomic E-state index is 0.285. The molecule has 0 bridgehead atoms. The molecule has 0 aliphatic heterocycles. The van der Waals surface area contributed by atoms with E-state index in [1.807, 2.05) is 30.5 Å². The highest BCUT2D eigenvalue weighted by molar-refractivity contribution is 7.98. The highest BCUT2D eigenvalue weighted by Gasteiger charge is 2.22. The van der Waals surface area contributed by atoms with Crippen LogP contribution in [0.25, 0.3) is 10.2 Å². The highest BCUT2D eigenvalue weighted by Crippen LogP contribution is 2.33. The van der Waals surface area contributed by atoms with Crippen molar-refractivity contribution < 1.29 is 9.18 Å². The van der Waals surface area contributed by atoms with Crippen LogP contribution in [0.1, 0.15) is 15.9 Å². The maximum absolute atomic E-state index is 13.7. The highest BCUT2D eigenvalue weighted by atomic mass is 32.2. The summed E-state index contributed by atoms with van der Waals surface area (Å²) in [4.78, 5) is 24.7. The van der Waals surface area contributed by atoms with Crippen molar-refractivity contribution >= 4 is 44.4 Å². The van der Waals surface area contributed by atoms with E-state index in [9.17, 15) is 9.18 Å². The lowest BCUT2D eigenvalue weighted by atomic mass is 10.2. The molecule has 4 aromatic rings. The second-order valence-corrected chi connectivity index (χ2v) is 7.98. The number of carbonyl (C=O) groups is 1. The van der Waals surface area contributed by atoms with Crippen molar-refractivity contribution in [1.29, 1.82) is 0 Å². The SMILES string of the molecule is CSc1ccc2nc(N(Cc3cccnc3)C(=O)c3cccc(F)c3)sc2c1. The molecule has 0 fully saturated rings. The average Bonchev–Trinajstić information content (AvgIpc) is 3.15. The molecule has 4 nitrogen and oxygen atoms in total. The van der Waals surface area contributed by atoms with Gasteiger partial charge in [0.05, 0.1) is 16.8 Å². The van der Waals surface area contributed by atoms with Gasteiger partial charge in [-0.2, -0.15) is 0 Å². The molecule has 140 valence electrons. The van der Waals surface area contributed by atoms with Crippen LogP contribution in [0.15, 0.2) is 71.9 Å². The molecule has 0 saturated heterocycles. The quantitative estimate of drug-likeness (QED) is 0.414. The summed E-state index contributed by atoms with van der Waals surface area (Å²) < 4.78 is 14.7. The number of carbonyl (C=O) groups excluding carboxylic acids is 1. The Bertz CT molecular complexity index is 1130. The van der Waals surface area contributed by atoms with Crippen molar-refractivity contribution in [3.8, 4) is 0 Å². The Hall–Kier alpha value is -2.77. The Morgan fingerprint density at radius 3 is 2.82 bits per heavy atom. The van der Waals surface area contributed by atoms with E-state index in [1.54, 1.807) is 35.1 Å². The molecule has 2 aromatic carbocycles. The fourth-order valence-corrected chi connectivity index (χ4v) is 4.33. The van der Waals surface area contributed by atoms with Crippen LogP contribution in [0.4, 0.5) is 9.52 Å². The van der Waals surface area contributed by atoms with Crippen LogP contribution < -0.4 is 4.90 Å². The van der Waals surface area contributed by atoms with Crippen LogP contribution in [-0.2, 0) is 6.54 Å². The van der Waals surface area contributed by atoms with Crippen molar-refractivity contribution in [1.82, 2.24) is 9.97 Å². The van der Waals surface area contributed by atoms with Crippen LogP contribution >= 0.6 is 23.1 Å². The monoisotopic (exact) mass is 409 g/mol. The molecule has 28 heavy (non-hydrogen) atoms. The molecule has 0 saturated carbocycles. The minimum atomic E-state index is -0.443. The zero-order valence-corrected chi connectivity index (χ0v) is 16.6. The van der Waals surface area contributed by atoms with Gasteiger partial charge in [0.1, 0.15) is 5.82 Å². The van der Waals surface area contributed by atoms with Gasteiger partial charge < -0.3 is 0 Å². The van der Waals surface area contributed by atoms with Crippen LogP contribution in [0.3, 0.4) is 0 Å². The topological polar surface area (TPSA) is 46.1 Å². The molecular formula is C21H16FN3OS2. The third kappa shape index (κ3) is 3.90. The smallest absolute Gasteiger partial charge is 0.260 e. The van der Waals surface area contributed by atoms with Crippen molar-refractivity contribution in [2.45, 2.75) is 11.4 Å². The van der Waals surface area contributed by atoms with E-state index < -0.39 is 5.82 Å². The molecule has 0 aliphatic carbocycles. The van der Waals surface area contributed by atoms with Gasteiger partial charge in [-0.1, -0.05) is 23.5 Å². The first-order chi connectivity index (χ1) is 13.6. The number of rotatable bonds is 5. The first-order valence-electron chi connectivity index (χ1n) is 8.55. The van der Waals surface area contributed by atoms with E-state index in [0.29, 0.717) is 11.7 Å². The van der Waals surface area contributed by atoms with Gasteiger partial charge in [-0.05, 0) is 54.3 Å². The lowest BCUT2D eigenvalue weighted by Crippen LogP contribution is -2.30. The largest absolute Gasteiger partial charge is 0.279 e. The Labute approximate surface area is 170 Å². The van der Waals surface area contributed by atoms with Gasteiger partial charge in [0, 0.05) is 22.9 Å². The van der Waals surface area contributed by atoms with Crippen LogP contribution in [0, 0.1) is 5.82 Å². The number of pyridine rings is 1. The predicted octanol–water partition coefficient (Wildman–Crippen LogP) is 5.40. The summed E-state index contributed by atoms with van der Waals surface area (Å²) >= 11 is 3.10. The van der Waals surface area contributed by atoms with Crippen molar-refractivity contribution in [3.63, 3.8) is 0 Å². The molecule has 0 unspecified atom stereocenters. The standard InChI is InChI=1S/C21H16FN3OS2/c1-27-17-7-8-18-19(11-17)28-21(24-18)25(13-14-4-3-9-23-12-14)20(26)15-5-2-6-16(22)10-15/h2-12H,13H2,1H3. The molecule has 0 spiro atoms.